The molecule has 0 heterocycles. The first-order valence-electron chi connectivity index (χ1n) is 5.90. The monoisotopic (exact) mass is 305 g/mol. The van der Waals surface area contributed by atoms with E-state index in [0.29, 0.717) is 5.69 Å². The van der Waals surface area contributed by atoms with Crippen molar-refractivity contribution < 1.29 is 17.5 Å². The van der Waals surface area contributed by atoms with Crippen molar-refractivity contribution in [1.29, 1.82) is 0 Å². The average Bonchev–Trinajstić information content (AvgIpc) is 2.24. The van der Waals surface area contributed by atoms with Gasteiger partial charge in [-0.05, 0) is 13.8 Å². The lowest BCUT2D eigenvalue weighted by molar-refractivity contribution is 0.387. The fourth-order valence-electron chi connectivity index (χ4n) is 1.73. The molecule has 0 saturated heterocycles. The quantitative estimate of drug-likeness (QED) is 0.686. The molecule has 4 N–H and O–H groups in total. The van der Waals surface area contributed by atoms with Crippen LogP contribution >= 0.6 is 0 Å². The molecule has 6 nitrogen and oxygen atoms in total. The molecule has 0 aromatic heterocycles. The maximum absolute atomic E-state index is 13.4. The molecule has 0 saturated carbocycles. The van der Waals surface area contributed by atoms with Crippen molar-refractivity contribution in [3.63, 3.8) is 0 Å². The van der Waals surface area contributed by atoms with Gasteiger partial charge in [-0.1, -0.05) is 0 Å². The number of hydrogen-bond acceptors (Lipinski definition) is 5. The van der Waals surface area contributed by atoms with Crippen molar-refractivity contribution in [3.05, 3.63) is 17.9 Å². The first kappa shape index (κ1) is 16.5. The Morgan fingerprint density at radius 2 is 2.00 bits per heavy atom. The van der Waals surface area contributed by atoms with E-state index in [0.717, 1.165) is 12.3 Å². The molecular weight excluding hydrogens is 285 g/mol. The summed E-state index contributed by atoms with van der Waals surface area (Å²) in [5.74, 6) is -0.486. The van der Waals surface area contributed by atoms with Crippen LogP contribution in [0.5, 0.6) is 5.75 Å². The summed E-state index contributed by atoms with van der Waals surface area (Å²) in [4.78, 5) is 0. The van der Waals surface area contributed by atoms with Crippen LogP contribution < -0.4 is 20.5 Å². The highest BCUT2D eigenvalue weighted by Crippen LogP contribution is 2.28. The highest BCUT2D eigenvalue weighted by atomic mass is 32.2. The van der Waals surface area contributed by atoms with Crippen LogP contribution in [-0.2, 0) is 10.0 Å². The van der Waals surface area contributed by atoms with Crippen LogP contribution in [0.25, 0.3) is 0 Å². The Morgan fingerprint density at radius 3 is 2.50 bits per heavy atom. The summed E-state index contributed by atoms with van der Waals surface area (Å²) in [6.07, 6.45) is 1.09. The fourth-order valence-corrected chi connectivity index (χ4v) is 2.81. The van der Waals surface area contributed by atoms with Gasteiger partial charge in [0.1, 0.15) is 0 Å². The number of anilines is 2. The highest BCUT2D eigenvalue weighted by molar-refractivity contribution is 7.88. The number of halogens is 1. The maximum Gasteiger partial charge on any atom is 0.209 e. The third-order valence-corrected chi connectivity index (χ3v) is 3.43. The van der Waals surface area contributed by atoms with Gasteiger partial charge < -0.3 is 15.8 Å². The third-order valence-electron chi connectivity index (χ3n) is 2.51. The van der Waals surface area contributed by atoms with Gasteiger partial charge in [-0.3, -0.25) is 0 Å². The van der Waals surface area contributed by atoms with Gasteiger partial charge >= 0.3 is 0 Å². The zero-order valence-corrected chi connectivity index (χ0v) is 12.8. The predicted octanol–water partition coefficient (Wildman–Crippen LogP) is 1.16. The molecule has 0 amide bonds. The minimum Gasteiger partial charge on any atom is -0.494 e. The number of methoxy groups -OCH3 is 1. The second-order valence-electron chi connectivity index (χ2n) is 5.19. The number of rotatable bonds is 6. The maximum atomic E-state index is 13.4. The number of ether oxygens (including phenoxy) is 1. The summed E-state index contributed by atoms with van der Waals surface area (Å²) in [6.45, 7) is 3.72. The molecule has 20 heavy (non-hydrogen) atoms. The van der Waals surface area contributed by atoms with Crippen LogP contribution in [0.2, 0.25) is 0 Å². The van der Waals surface area contributed by atoms with Crippen LogP contribution in [-0.4, -0.2) is 33.9 Å². The van der Waals surface area contributed by atoms with E-state index in [2.05, 4.69) is 10.0 Å². The molecule has 0 bridgehead atoms. The Hall–Kier alpha value is -1.54. The van der Waals surface area contributed by atoms with Gasteiger partial charge in [-0.25, -0.2) is 17.5 Å². The highest BCUT2D eigenvalue weighted by Gasteiger charge is 2.22. The van der Waals surface area contributed by atoms with Crippen molar-refractivity contribution in [2.75, 3.05) is 31.0 Å². The van der Waals surface area contributed by atoms with Gasteiger partial charge in [-0.2, -0.15) is 0 Å². The molecule has 1 aromatic carbocycles. The van der Waals surface area contributed by atoms with E-state index in [9.17, 15) is 12.8 Å². The first-order chi connectivity index (χ1) is 9.04. The van der Waals surface area contributed by atoms with Crippen LogP contribution in [0.3, 0.4) is 0 Å². The van der Waals surface area contributed by atoms with Gasteiger partial charge in [0.05, 0.1) is 24.7 Å². The molecule has 8 heteroatoms. The minimum atomic E-state index is -3.32. The van der Waals surface area contributed by atoms with Gasteiger partial charge in [0.25, 0.3) is 0 Å². The van der Waals surface area contributed by atoms with Gasteiger partial charge in [0.15, 0.2) is 11.6 Å². The van der Waals surface area contributed by atoms with Crippen molar-refractivity contribution in [3.8, 4) is 5.75 Å². The van der Waals surface area contributed by atoms with Gasteiger partial charge in [0, 0.05) is 24.2 Å². The molecule has 0 radical (unpaired) electrons. The van der Waals surface area contributed by atoms with Crippen molar-refractivity contribution in [2.45, 2.75) is 19.4 Å². The van der Waals surface area contributed by atoms with E-state index in [4.69, 9.17) is 10.5 Å². The number of nitrogen functional groups attached to an aromatic ring is 1. The molecule has 0 unspecified atom stereocenters. The number of nitrogens with two attached hydrogens (primary N) is 1. The predicted molar refractivity (Wildman–Crippen MR) is 77.9 cm³/mol. The molecule has 0 atom stereocenters. The smallest absolute Gasteiger partial charge is 0.209 e. The Labute approximate surface area is 118 Å². The Kier molecular flexibility index (Phi) is 4.82. The van der Waals surface area contributed by atoms with E-state index in [-0.39, 0.29) is 18.0 Å². The summed E-state index contributed by atoms with van der Waals surface area (Å²) >= 11 is 0. The summed E-state index contributed by atoms with van der Waals surface area (Å²) in [5, 5.41) is 2.98. The molecule has 0 aliphatic heterocycles. The zero-order valence-electron chi connectivity index (χ0n) is 12.0. The molecule has 0 spiro atoms. The minimum absolute atomic E-state index is 0.0654. The Balaban J connectivity index is 2.84. The second-order valence-corrected chi connectivity index (χ2v) is 6.93. The summed E-state index contributed by atoms with van der Waals surface area (Å²) in [7, 11) is -1.97. The molecule has 0 aliphatic rings. The molecule has 0 aliphatic carbocycles. The van der Waals surface area contributed by atoms with Crippen LogP contribution in [0.15, 0.2) is 12.1 Å². The summed E-state index contributed by atoms with van der Waals surface area (Å²) in [6, 6.07) is 2.58. The van der Waals surface area contributed by atoms with E-state index in [1.165, 1.54) is 13.2 Å². The molecule has 1 rings (SSSR count). The topological polar surface area (TPSA) is 93.5 Å². The van der Waals surface area contributed by atoms with Crippen LogP contribution in [0.4, 0.5) is 15.8 Å². The van der Waals surface area contributed by atoms with E-state index < -0.39 is 21.4 Å². The standard InChI is InChI=1S/C12H20FN3O3S/c1-12(2,16-20(4,17)18)7-15-10-6-11(19-3)8(13)5-9(10)14/h5-6,15-16H,7,14H2,1-4H3. The van der Waals surface area contributed by atoms with Gasteiger partial charge in [0.2, 0.25) is 10.0 Å². The van der Waals surface area contributed by atoms with E-state index >= 15 is 0 Å². The summed E-state index contributed by atoms with van der Waals surface area (Å²) < 4.78 is 43.2. The Bertz CT molecular complexity index is 588. The average molecular weight is 305 g/mol. The van der Waals surface area contributed by atoms with Gasteiger partial charge in [-0.15, -0.1) is 0 Å². The molecule has 0 fully saturated rings. The first-order valence-corrected chi connectivity index (χ1v) is 7.79. The molecule has 1 aromatic rings. The second kappa shape index (κ2) is 5.84. The number of sulfonamides is 1. The van der Waals surface area contributed by atoms with E-state index in [1.807, 2.05) is 0 Å². The largest absolute Gasteiger partial charge is 0.494 e. The van der Waals surface area contributed by atoms with E-state index in [1.54, 1.807) is 13.8 Å². The van der Waals surface area contributed by atoms with Crippen LogP contribution in [0.1, 0.15) is 13.8 Å². The van der Waals surface area contributed by atoms with Crippen LogP contribution in [0, 0.1) is 5.82 Å². The van der Waals surface area contributed by atoms with Crippen molar-refractivity contribution in [1.82, 2.24) is 4.72 Å². The molecule has 114 valence electrons. The fraction of sp³-hybridized carbons (Fsp3) is 0.500. The zero-order chi connectivity index (χ0) is 15.6. The number of benzene rings is 1. The van der Waals surface area contributed by atoms with Crippen molar-refractivity contribution >= 4 is 21.4 Å². The lowest BCUT2D eigenvalue weighted by Gasteiger charge is -2.26. The normalized spacial score (nSPS) is 12.2. The SMILES string of the molecule is COc1cc(NCC(C)(C)NS(C)(=O)=O)c(N)cc1F. The summed E-state index contributed by atoms with van der Waals surface area (Å²) in [5.41, 5.74) is 5.68. The molecular formula is C12H20FN3O3S. The Morgan fingerprint density at radius 1 is 1.40 bits per heavy atom. The number of nitrogens with one attached hydrogen (secondary N) is 2. The lowest BCUT2D eigenvalue weighted by atomic mass is 10.1. The lowest BCUT2D eigenvalue weighted by Crippen LogP contribution is -2.47. The van der Waals surface area contributed by atoms with Crippen molar-refractivity contribution in [2.24, 2.45) is 0 Å². The number of hydrogen-bond donors (Lipinski definition) is 3. The third kappa shape index (κ3) is 4.86.